The van der Waals surface area contributed by atoms with Crippen LogP contribution in [0.1, 0.15) is 5.69 Å². The summed E-state index contributed by atoms with van der Waals surface area (Å²) in [5, 5.41) is 10.8. The molecule has 20 heavy (non-hydrogen) atoms. The number of nitrogens with one attached hydrogen (secondary N) is 1. The molecule has 0 aliphatic heterocycles. The van der Waals surface area contributed by atoms with E-state index in [-0.39, 0.29) is 11.8 Å². The summed E-state index contributed by atoms with van der Waals surface area (Å²) in [5.41, 5.74) is 2.22. The van der Waals surface area contributed by atoms with Gasteiger partial charge in [-0.05, 0) is 13.0 Å². The Hall–Kier alpha value is -2.81. The van der Waals surface area contributed by atoms with E-state index in [1.807, 2.05) is 0 Å². The Morgan fingerprint density at radius 1 is 1.45 bits per heavy atom. The summed E-state index contributed by atoms with van der Waals surface area (Å²) in [4.78, 5) is 17.9. The van der Waals surface area contributed by atoms with E-state index in [9.17, 15) is 14.5 Å². The number of nitro benzene ring substituents is 1. The molecule has 9 heteroatoms. The number of halogens is 1. The Morgan fingerprint density at radius 3 is 2.85 bits per heavy atom. The minimum absolute atomic E-state index is 0.0546. The van der Waals surface area contributed by atoms with E-state index in [2.05, 4.69) is 15.4 Å². The lowest BCUT2D eigenvalue weighted by molar-refractivity contribution is -0.385. The molecule has 0 fully saturated rings. The quantitative estimate of drug-likeness (QED) is 0.498. The van der Waals surface area contributed by atoms with Crippen molar-refractivity contribution in [1.82, 2.24) is 9.97 Å². The molecule has 0 aliphatic rings. The van der Waals surface area contributed by atoms with E-state index in [4.69, 9.17) is 10.6 Å². The van der Waals surface area contributed by atoms with Crippen molar-refractivity contribution in [3.63, 3.8) is 0 Å². The molecule has 0 spiro atoms. The SMILES string of the molecule is Cc1cc(Oc2c(F)cccc2[N+](=O)[O-])nc(NN)n1. The number of anilines is 1. The lowest BCUT2D eigenvalue weighted by atomic mass is 10.3. The summed E-state index contributed by atoms with van der Waals surface area (Å²) in [6, 6.07) is 4.81. The maximum absolute atomic E-state index is 13.7. The van der Waals surface area contributed by atoms with E-state index in [0.717, 1.165) is 12.1 Å². The molecule has 8 nitrogen and oxygen atoms in total. The van der Waals surface area contributed by atoms with Gasteiger partial charge in [0.15, 0.2) is 5.82 Å². The summed E-state index contributed by atoms with van der Waals surface area (Å²) >= 11 is 0. The number of nitrogen functional groups attached to an aromatic ring is 1. The largest absolute Gasteiger partial charge is 0.428 e. The third-order valence-corrected chi connectivity index (χ3v) is 2.31. The predicted molar refractivity (Wildman–Crippen MR) is 67.7 cm³/mol. The first-order valence-electron chi connectivity index (χ1n) is 5.44. The molecule has 0 saturated heterocycles. The van der Waals surface area contributed by atoms with Crippen LogP contribution in [0, 0.1) is 22.9 Å². The highest BCUT2D eigenvalue weighted by atomic mass is 19.1. The van der Waals surface area contributed by atoms with Crippen molar-refractivity contribution in [2.24, 2.45) is 5.84 Å². The van der Waals surface area contributed by atoms with Gasteiger partial charge in [-0.15, -0.1) is 0 Å². The monoisotopic (exact) mass is 279 g/mol. The molecule has 0 amide bonds. The van der Waals surface area contributed by atoms with Gasteiger partial charge < -0.3 is 4.74 Å². The van der Waals surface area contributed by atoms with Crippen molar-refractivity contribution in [2.45, 2.75) is 6.92 Å². The third kappa shape index (κ3) is 2.78. The molecule has 0 aliphatic carbocycles. The molecule has 2 aromatic rings. The van der Waals surface area contributed by atoms with Crippen molar-refractivity contribution in [2.75, 3.05) is 5.43 Å². The van der Waals surface area contributed by atoms with E-state index >= 15 is 0 Å². The molecule has 3 N–H and O–H groups in total. The van der Waals surface area contributed by atoms with Crippen molar-refractivity contribution in [3.05, 3.63) is 45.9 Å². The zero-order valence-corrected chi connectivity index (χ0v) is 10.3. The summed E-state index contributed by atoms with van der Waals surface area (Å²) in [6.07, 6.45) is 0. The van der Waals surface area contributed by atoms with Crippen LogP contribution in [0.5, 0.6) is 11.6 Å². The Bertz CT molecular complexity index is 665. The van der Waals surface area contributed by atoms with Crippen molar-refractivity contribution in [3.8, 4) is 11.6 Å². The fourth-order valence-corrected chi connectivity index (χ4v) is 1.50. The van der Waals surface area contributed by atoms with Gasteiger partial charge in [0.1, 0.15) is 0 Å². The fraction of sp³-hybridized carbons (Fsp3) is 0.0909. The Labute approximate surface area is 112 Å². The Balaban J connectivity index is 2.44. The van der Waals surface area contributed by atoms with Gasteiger partial charge in [0.2, 0.25) is 17.6 Å². The maximum atomic E-state index is 13.7. The Kier molecular flexibility index (Phi) is 3.71. The highest BCUT2D eigenvalue weighted by Gasteiger charge is 2.21. The molecule has 0 radical (unpaired) electrons. The van der Waals surface area contributed by atoms with Crippen molar-refractivity contribution >= 4 is 11.6 Å². The molecular formula is C11H10FN5O3. The smallest absolute Gasteiger partial charge is 0.314 e. The molecule has 0 unspecified atom stereocenters. The highest BCUT2D eigenvalue weighted by Crippen LogP contribution is 2.33. The van der Waals surface area contributed by atoms with Gasteiger partial charge in [-0.25, -0.2) is 15.2 Å². The summed E-state index contributed by atoms with van der Waals surface area (Å²) in [7, 11) is 0. The molecule has 0 atom stereocenters. The number of hydrogen-bond acceptors (Lipinski definition) is 7. The second-order valence-electron chi connectivity index (χ2n) is 3.76. The van der Waals surface area contributed by atoms with Gasteiger partial charge in [0.05, 0.1) is 4.92 Å². The first-order valence-corrected chi connectivity index (χ1v) is 5.44. The predicted octanol–water partition coefficient (Wildman–Crippen LogP) is 1.91. The first kappa shape index (κ1) is 13.6. The van der Waals surface area contributed by atoms with Gasteiger partial charge >= 0.3 is 5.69 Å². The normalized spacial score (nSPS) is 10.2. The van der Waals surface area contributed by atoms with Crippen LogP contribution in [0.3, 0.4) is 0 Å². The number of ether oxygens (including phenoxy) is 1. The number of benzene rings is 1. The molecule has 0 bridgehead atoms. The second-order valence-corrected chi connectivity index (χ2v) is 3.76. The lowest BCUT2D eigenvalue weighted by Crippen LogP contribution is -2.11. The van der Waals surface area contributed by atoms with Crippen molar-refractivity contribution < 1.29 is 14.1 Å². The van der Waals surface area contributed by atoms with Crippen LogP contribution in [-0.4, -0.2) is 14.9 Å². The second kappa shape index (κ2) is 5.45. The average molecular weight is 279 g/mol. The molecular weight excluding hydrogens is 269 g/mol. The number of nitrogens with two attached hydrogens (primary N) is 1. The van der Waals surface area contributed by atoms with Crippen LogP contribution in [0.15, 0.2) is 24.3 Å². The Morgan fingerprint density at radius 2 is 2.20 bits per heavy atom. The van der Waals surface area contributed by atoms with Gasteiger partial charge in [-0.2, -0.15) is 4.98 Å². The van der Waals surface area contributed by atoms with Gasteiger partial charge in [0.25, 0.3) is 0 Å². The van der Waals surface area contributed by atoms with Crippen LogP contribution in [0.2, 0.25) is 0 Å². The number of hydrogen-bond donors (Lipinski definition) is 2. The number of rotatable bonds is 4. The summed E-state index contributed by atoms with van der Waals surface area (Å²) in [5.74, 6) is 3.80. The molecule has 2 rings (SSSR count). The van der Waals surface area contributed by atoms with Crippen LogP contribution < -0.4 is 16.0 Å². The maximum Gasteiger partial charge on any atom is 0.314 e. The number of nitrogens with zero attached hydrogens (tertiary/aromatic N) is 3. The minimum atomic E-state index is -0.863. The standard InChI is InChI=1S/C11H10FN5O3/c1-6-5-9(15-11(14-6)16-13)20-10-7(12)3-2-4-8(10)17(18)19/h2-5H,13H2,1H3,(H,14,15,16). The van der Waals surface area contributed by atoms with Crippen LogP contribution >= 0.6 is 0 Å². The first-order chi connectivity index (χ1) is 9.51. The number of aromatic nitrogens is 2. The summed E-state index contributed by atoms with van der Waals surface area (Å²) < 4.78 is 18.8. The van der Waals surface area contributed by atoms with Crippen LogP contribution in [0.4, 0.5) is 16.0 Å². The topological polar surface area (TPSA) is 116 Å². The molecule has 104 valence electrons. The number of hydrazine groups is 1. The number of nitro groups is 1. The van der Waals surface area contributed by atoms with E-state index < -0.39 is 22.2 Å². The van der Waals surface area contributed by atoms with Gasteiger partial charge in [0, 0.05) is 17.8 Å². The molecule has 1 aromatic carbocycles. The van der Waals surface area contributed by atoms with E-state index in [0.29, 0.717) is 5.69 Å². The summed E-state index contributed by atoms with van der Waals surface area (Å²) in [6.45, 7) is 1.64. The van der Waals surface area contributed by atoms with E-state index in [1.54, 1.807) is 6.92 Å². The van der Waals surface area contributed by atoms with Crippen molar-refractivity contribution in [1.29, 1.82) is 0 Å². The van der Waals surface area contributed by atoms with Gasteiger partial charge in [-0.3, -0.25) is 15.5 Å². The number of aryl methyl sites for hydroxylation is 1. The molecule has 1 heterocycles. The molecule has 1 aromatic heterocycles. The lowest BCUT2D eigenvalue weighted by Gasteiger charge is -2.08. The van der Waals surface area contributed by atoms with E-state index in [1.165, 1.54) is 12.1 Å². The highest BCUT2D eigenvalue weighted by molar-refractivity contribution is 5.48. The minimum Gasteiger partial charge on any atom is -0.428 e. The average Bonchev–Trinajstić information content (AvgIpc) is 2.40. The van der Waals surface area contributed by atoms with Gasteiger partial charge in [-0.1, -0.05) is 6.07 Å². The number of para-hydroxylation sites is 1. The molecule has 0 saturated carbocycles. The fourth-order valence-electron chi connectivity index (χ4n) is 1.50. The third-order valence-electron chi connectivity index (χ3n) is 2.31. The van der Waals surface area contributed by atoms with Crippen LogP contribution in [0.25, 0.3) is 0 Å². The van der Waals surface area contributed by atoms with Crippen LogP contribution in [-0.2, 0) is 0 Å². The zero-order chi connectivity index (χ0) is 14.7. The zero-order valence-electron chi connectivity index (χ0n) is 10.3.